The lowest BCUT2D eigenvalue weighted by Gasteiger charge is -2.26. The highest BCUT2D eigenvalue weighted by Gasteiger charge is 2.31. The molecule has 8 heteroatoms. The Morgan fingerprint density at radius 2 is 1.71 bits per heavy atom. The van der Waals surface area contributed by atoms with Crippen molar-refractivity contribution in [2.75, 3.05) is 11.9 Å². The lowest BCUT2D eigenvalue weighted by Crippen LogP contribution is -2.35. The van der Waals surface area contributed by atoms with Gasteiger partial charge in [0.2, 0.25) is 5.91 Å². The molecular weight excluding hydrogens is 445 g/mol. The van der Waals surface area contributed by atoms with Gasteiger partial charge in [-0.15, -0.1) is 0 Å². The van der Waals surface area contributed by atoms with E-state index >= 15 is 0 Å². The van der Waals surface area contributed by atoms with E-state index in [2.05, 4.69) is 5.32 Å². The molecule has 0 unspecified atom stereocenters. The van der Waals surface area contributed by atoms with E-state index in [4.69, 9.17) is 4.42 Å². The lowest BCUT2D eigenvalue weighted by molar-refractivity contribution is -0.137. The molecule has 0 bridgehead atoms. The third-order valence-corrected chi connectivity index (χ3v) is 6.53. The van der Waals surface area contributed by atoms with Gasteiger partial charge in [0.15, 0.2) is 0 Å². The number of benzene rings is 2. The molecule has 5 rings (SSSR count). The van der Waals surface area contributed by atoms with E-state index in [-0.39, 0.29) is 23.3 Å². The molecule has 0 atom stereocenters. The van der Waals surface area contributed by atoms with Crippen molar-refractivity contribution in [2.45, 2.75) is 38.4 Å². The summed E-state index contributed by atoms with van der Waals surface area (Å²) >= 11 is 0. The zero-order chi connectivity index (χ0) is 23.9. The van der Waals surface area contributed by atoms with E-state index in [0.29, 0.717) is 25.3 Å². The average Bonchev–Trinajstić information content (AvgIpc) is 3.21. The van der Waals surface area contributed by atoms with Crippen molar-refractivity contribution in [3.8, 4) is 11.3 Å². The van der Waals surface area contributed by atoms with Crippen molar-refractivity contribution in [3.63, 3.8) is 0 Å². The third kappa shape index (κ3) is 4.44. The molecule has 2 aromatic carbocycles. The highest BCUT2D eigenvalue weighted by atomic mass is 19.4. The highest BCUT2D eigenvalue weighted by molar-refractivity contribution is 5.94. The van der Waals surface area contributed by atoms with Crippen LogP contribution < -0.4 is 5.32 Å². The number of carbonyl (C=O) groups excluding carboxylic acids is 2. The van der Waals surface area contributed by atoms with Crippen LogP contribution in [-0.4, -0.2) is 23.3 Å². The number of rotatable bonds is 4. The van der Waals surface area contributed by atoms with Gasteiger partial charge in [0.1, 0.15) is 11.5 Å². The molecule has 2 aliphatic rings. The summed E-state index contributed by atoms with van der Waals surface area (Å²) in [6, 6.07) is 13.6. The van der Waals surface area contributed by atoms with Crippen LogP contribution in [0.5, 0.6) is 0 Å². The fraction of sp³-hybridized carbons (Fsp3) is 0.308. The minimum atomic E-state index is -4.44. The van der Waals surface area contributed by atoms with Gasteiger partial charge < -0.3 is 14.6 Å². The van der Waals surface area contributed by atoms with Crippen molar-refractivity contribution < 1.29 is 27.2 Å². The number of anilines is 1. The summed E-state index contributed by atoms with van der Waals surface area (Å²) in [4.78, 5) is 26.6. The van der Waals surface area contributed by atoms with Gasteiger partial charge in [-0.2, -0.15) is 13.2 Å². The standard InChI is InChI=1S/C26H23F3N2O3/c27-26(28,29)20-8-4-18(5-9-20)25(33)31-13-12-22-19(15-31)14-23(34-22)16-6-10-21(11-7-16)30-24(32)17-2-1-3-17/h4-11,14,17H,1-3,12-13,15H2,(H,30,32). The smallest absolute Gasteiger partial charge is 0.416 e. The molecule has 34 heavy (non-hydrogen) atoms. The Morgan fingerprint density at radius 3 is 2.32 bits per heavy atom. The number of nitrogens with zero attached hydrogens (tertiary/aromatic N) is 1. The minimum Gasteiger partial charge on any atom is -0.461 e. The Kier molecular flexibility index (Phi) is 5.67. The Hall–Kier alpha value is -3.55. The van der Waals surface area contributed by atoms with Crippen LogP contribution in [0.1, 0.15) is 46.5 Å². The Balaban J connectivity index is 1.26. The Morgan fingerprint density at radius 1 is 1.00 bits per heavy atom. The van der Waals surface area contributed by atoms with Gasteiger partial charge in [0.25, 0.3) is 5.91 Å². The Labute approximate surface area is 194 Å². The minimum absolute atomic E-state index is 0.0604. The Bertz CT molecular complexity index is 1210. The van der Waals surface area contributed by atoms with Crippen LogP contribution in [0.15, 0.2) is 59.0 Å². The van der Waals surface area contributed by atoms with E-state index in [1.54, 1.807) is 4.90 Å². The molecule has 176 valence electrons. The maximum atomic E-state index is 12.8. The lowest BCUT2D eigenvalue weighted by atomic mass is 9.85. The SMILES string of the molecule is O=C(Nc1ccc(-c2cc3c(o2)CCN(C(=O)c2ccc(C(F)(F)F)cc2)C3)cc1)C1CCC1. The quantitative estimate of drug-likeness (QED) is 0.518. The molecule has 2 amide bonds. The van der Waals surface area contributed by atoms with Crippen LogP contribution in [0.3, 0.4) is 0 Å². The molecule has 0 spiro atoms. The first-order valence-corrected chi connectivity index (χ1v) is 11.3. The largest absolute Gasteiger partial charge is 0.461 e. The molecule has 2 heterocycles. The third-order valence-electron chi connectivity index (χ3n) is 6.53. The predicted molar refractivity (Wildman–Crippen MR) is 120 cm³/mol. The summed E-state index contributed by atoms with van der Waals surface area (Å²) in [7, 11) is 0. The number of halogens is 3. The summed E-state index contributed by atoms with van der Waals surface area (Å²) < 4.78 is 44.4. The van der Waals surface area contributed by atoms with Gasteiger partial charge in [0.05, 0.1) is 5.56 Å². The fourth-order valence-electron chi connectivity index (χ4n) is 4.27. The van der Waals surface area contributed by atoms with E-state index in [0.717, 1.165) is 54.0 Å². The fourth-order valence-corrected chi connectivity index (χ4v) is 4.27. The maximum Gasteiger partial charge on any atom is 0.416 e. The predicted octanol–water partition coefficient (Wildman–Crippen LogP) is 5.90. The van der Waals surface area contributed by atoms with Crippen LogP contribution in [0.25, 0.3) is 11.3 Å². The van der Waals surface area contributed by atoms with Crippen molar-refractivity contribution >= 4 is 17.5 Å². The molecule has 1 saturated carbocycles. The number of furan rings is 1. The maximum absolute atomic E-state index is 12.8. The molecule has 1 aromatic heterocycles. The highest BCUT2D eigenvalue weighted by Crippen LogP contribution is 2.32. The summed E-state index contributed by atoms with van der Waals surface area (Å²) in [5.74, 6) is 1.34. The number of fused-ring (bicyclic) bond motifs is 1. The molecule has 1 N–H and O–H groups in total. The van der Waals surface area contributed by atoms with Crippen molar-refractivity contribution in [1.29, 1.82) is 0 Å². The van der Waals surface area contributed by atoms with Crippen molar-refractivity contribution in [2.24, 2.45) is 5.92 Å². The van der Waals surface area contributed by atoms with Crippen LogP contribution in [0, 0.1) is 5.92 Å². The van der Waals surface area contributed by atoms with Gasteiger partial charge in [-0.05, 0) is 67.4 Å². The number of carbonyl (C=O) groups is 2. The monoisotopic (exact) mass is 468 g/mol. The molecule has 3 aromatic rings. The summed E-state index contributed by atoms with van der Waals surface area (Å²) in [5.41, 5.74) is 1.92. The molecular formula is C26H23F3N2O3. The second kappa shape index (κ2) is 8.66. The first-order chi connectivity index (χ1) is 16.3. The van der Waals surface area contributed by atoms with Gasteiger partial charge in [-0.1, -0.05) is 6.42 Å². The summed E-state index contributed by atoms with van der Waals surface area (Å²) in [6.45, 7) is 0.750. The number of hydrogen-bond acceptors (Lipinski definition) is 3. The molecule has 0 radical (unpaired) electrons. The zero-order valence-corrected chi connectivity index (χ0v) is 18.3. The van der Waals surface area contributed by atoms with E-state index < -0.39 is 11.7 Å². The molecule has 5 nitrogen and oxygen atoms in total. The molecule has 1 aliphatic carbocycles. The molecule has 1 fully saturated rings. The van der Waals surface area contributed by atoms with Crippen LogP contribution in [-0.2, 0) is 23.9 Å². The van der Waals surface area contributed by atoms with E-state index in [9.17, 15) is 22.8 Å². The van der Waals surface area contributed by atoms with Gasteiger partial charge in [0, 0.05) is 47.8 Å². The van der Waals surface area contributed by atoms with Gasteiger partial charge >= 0.3 is 6.18 Å². The number of nitrogens with one attached hydrogen (secondary N) is 1. The van der Waals surface area contributed by atoms with Crippen LogP contribution in [0.4, 0.5) is 18.9 Å². The normalized spacial score (nSPS) is 16.0. The second-order valence-corrected chi connectivity index (χ2v) is 8.81. The van der Waals surface area contributed by atoms with Crippen molar-refractivity contribution in [3.05, 3.63) is 77.0 Å². The van der Waals surface area contributed by atoms with Crippen LogP contribution >= 0.6 is 0 Å². The number of amides is 2. The first-order valence-electron chi connectivity index (χ1n) is 11.3. The summed E-state index contributed by atoms with van der Waals surface area (Å²) in [6.07, 6.45) is -0.916. The first kappa shape index (κ1) is 22.3. The number of hydrogen-bond donors (Lipinski definition) is 1. The second-order valence-electron chi connectivity index (χ2n) is 8.81. The molecule has 0 saturated heterocycles. The van der Waals surface area contributed by atoms with Gasteiger partial charge in [-0.25, -0.2) is 0 Å². The molecule has 1 aliphatic heterocycles. The topological polar surface area (TPSA) is 62.6 Å². The average molecular weight is 468 g/mol. The van der Waals surface area contributed by atoms with Crippen LogP contribution in [0.2, 0.25) is 0 Å². The van der Waals surface area contributed by atoms with Crippen molar-refractivity contribution in [1.82, 2.24) is 4.90 Å². The van der Waals surface area contributed by atoms with E-state index in [1.807, 2.05) is 30.3 Å². The van der Waals surface area contributed by atoms with E-state index in [1.165, 1.54) is 12.1 Å². The zero-order valence-electron chi connectivity index (χ0n) is 18.3. The van der Waals surface area contributed by atoms with Gasteiger partial charge in [-0.3, -0.25) is 9.59 Å². The number of alkyl halides is 3. The summed E-state index contributed by atoms with van der Waals surface area (Å²) in [5, 5.41) is 2.94.